The average molecular weight is 365 g/mol. The first-order valence-electron chi connectivity index (χ1n) is 9.05. The largest absolute Gasteiger partial charge is 0.497 e. The van der Waals surface area contributed by atoms with Crippen molar-refractivity contribution < 1.29 is 9.53 Å². The molecule has 0 aliphatic carbocycles. The van der Waals surface area contributed by atoms with Crippen LogP contribution < -0.4 is 15.6 Å². The van der Waals surface area contributed by atoms with Gasteiger partial charge in [0, 0.05) is 18.5 Å². The van der Waals surface area contributed by atoms with Crippen LogP contribution in [0.3, 0.4) is 0 Å². The molecule has 3 rings (SSSR count). The van der Waals surface area contributed by atoms with Crippen LogP contribution in [-0.4, -0.2) is 29.3 Å². The van der Waals surface area contributed by atoms with Gasteiger partial charge in [0.1, 0.15) is 5.75 Å². The number of ether oxygens (including phenoxy) is 1. The molecule has 0 bridgehead atoms. The van der Waals surface area contributed by atoms with Gasteiger partial charge in [-0.05, 0) is 36.6 Å². The lowest BCUT2D eigenvalue weighted by Gasteiger charge is -2.11. The summed E-state index contributed by atoms with van der Waals surface area (Å²) in [4.78, 5) is 25.2. The van der Waals surface area contributed by atoms with Gasteiger partial charge in [0.15, 0.2) is 5.69 Å². The quantitative estimate of drug-likeness (QED) is 0.699. The Bertz CT molecular complexity index is 994. The standard InChI is InChI=1S/C21H23N3O3/c1-3-14-24-21(26)18-7-5-4-6-17(18)19(23-24)20(25)22-13-12-15-8-10-16(27-2)11-9-15/h4-11H,3,12-14H2,1-2H3,(H,22,25). The lowest BCUT2D eigenvalue weighted by molar-refractivity contribution is 0.0948. The number of nitrogens with one attached hydrogen (secondary N) is 1. The zero-order valence-electron chi connectivity index (χ0n) is 15.6. The number of benzene rings is 2. The molecule has 0 atom stereocenters. The zero-order chi connectivity index (χ0) is 19.2. The van der Waals surface area contributed by atoms with E-state index < -0.39 is 0 Å². The van der Waals surface area contributed by atoms with Gasteiger partial charge >= 0.3 is 0 Å². The number of hydrogen-bond acceptors (Lipinski definition) is 4. The third kappa shape index (κ3) is 4.16. The monoisotopic (exact) mass is 365 g/mol. The first kappa shape index (κ1) is 18.6. The molecule has 6 nitrogen and oxygen atoms in total. The second-order valence-corrected chi connectivity index (χ2v) is 6.28. The van der Waals surface area contributed by atoms with Crippen LogP contribution in [0.25, 0.3) is 10.8 Å². The summed E-state index contributed by atoms with van der Waals surface area (Å²) < 4.78 is 6.52. The van der Waals surface area contributed by atoms with Gasteiger partial charge in [-0.3, -0.25) is 9.59 Å². The van der Waals surface area contributed by atoms with Crippen molar-refractivity contribution in [3.8, 4) is 5.75 Å². The first-order valence-corrected chi connectivity index (χ1v) is 9.05. The molecule has 0 fully saturated rings. The third-order valence-corrected chi connectivity index (χ3v) is 4.38. The highest BCUT2D eigenvalue weighted by Gasteiger charge is 2.16. The summed E-state index contributed by atoms with van der Waals surface area (Å²) in [6, 6.07) is 14.8. The molecule has 1 amide bonds. The van der Waals surface area contributed by atoms with E-state index in [2.05, 4.69) is 10.4 Å². The van der Waals surface area contributed by atoms with Crippen molar-refractivity contribution in [2.75, 3.05) is 13.7 Å². The molecule has 0 saturated carbocycles. The van der Waals surface area contributed by atoms with Gasteiger partial charge in [0.25, 0.3) is 11.5 Å². The van der Waals surface area contributed by atoms with E-state index in [1.165, 1.54) is 4.68 Å². The van der Waals surface area contributed by atoms with Crippen molar-refractivity contribution in [1.29, 1.82) is 0 Å². The number of carbonyl (C=O) groups excluding carboxylic acids is 1. The van der Waals surface area contributed by atoms with E-state index >= 15 is 0 Å². The number of methoxy groups -OCH3 is 1. The molecule has 0 spiro atoms. The smallest absolute Gasteiger partial charge is 0.274 e. The summed E-state index contributed by atoms with van der Waals surface area (Å²) in [5, 5.41) is 8.32. The topological polar surface area (TPSA) is 73.2 Å². The van der Waals surface area contributed by atoms with Crippen molar-refractivity contribution in [3.05, 3.63) is 70.1 Å². The molecule has 140 valence electrons. The number of aryl methyl sites for hydroxylation is 1. The predicted molar refractivity (Wildman–Crippen MR) is 105 cm³/mol. The number of nitrogens with zero attached hydrogens (tertiary/aromatic N) is 2. The minimum atomic E-state index is -0.274. The van der Waals surface area contributed by atoms with Crippen LogP contribution in [0, 0.1) is 0 Å². The van der Waals surface area contributed by atoms with E-state index in [4.69, 9.17) is 4.74 Å². The maximum Gasteiger partial charge on any atom is 0.274 e. The molecule has 1 aromatic heterocycles. The number of hydrogen-bond donors (Lipinski definition) is 1. The van der Waals surface area contributed by atoms with Crippen molar-refractivity contribution in [2.45, 2.75) is 26.3 Å². The second kappa shape index (κ2) is 8.49. The van der Waals surface area contributed by atoms with Gasteiger partial charge in [-0.2, -0.15) is 5.10 Å². The van der Waals surface area contributed by atoms with Crippen LogP contribution in [0.1, 0.15) is 29.4 Å². The van der Waals surface area contributed by atoms with Crippen molar-refractivity contribution in [3.63, 3.8) is 0 Å². The van der Waals surface area contributed by atoms with E-state index in [0.717, 1.165) is 17.7 Å². The lowest BCUT2D eigenvalue weighted by Crippen LogP contribution is -2.31. The van der Waals surface area contributed by atoms with Crippen molar-refractivity contribution in [1.82, 2.24) is 15.1 Å². The van der Waals surface area contributed by atoms with Crippen LogP contribution in [-0.2, 0) is 13.0 Å². The highest BCUT2D eigenvalue weighted by molar-refractivity contribution is 6.04. The zero-order valence-corrected chi connectivity index (χ0v) is 15.6. The number of amides is 1. The van der Waals surface area contributed by atoms with E-state index in [1.54, 1.807) is 25.3 Å². The Morgan fingerprint density at radius 3 is 2.48 bits per heavy atom. The van der Waals surface area contributed by atoms with Crippen LogP contribution in [0.15, 0.2) is 53.3 Å². The molecule has 2 aromatic carbocycles. The minimum Gasteiger partial charge on any atom is -0.497 e. The lowest BCUT2D eigenvalue weighted by atomic mass is 10.1. The molecule has 3 aromatic rings. The van der Waals surface area contributed by atoms with Gasteiger partial charge in [-0.1, -0.05) is 37.3 Å². The van der Waals surface area contributed by atoms with Gasteiger partial charge in [-0.25, -0.2) is 4.68 Å². The van der Waals surface area contributed by atoms with Gasteiger partial charge in [-0.15, -0.1) is 0 Å². The summed E-state index contributed by atoms with van der Waals surface area (Å²) in [7, 11) is 1.63. The predicted octanol–water partition coefficient (Wildman–Crippen LogP) is 2.79. The summed E-state index contributed by atoms with van der Waals surface area (Å²) >= 11 is 0. The molecular formula is C21H23N3O3. The van der Waals surface area contributed by atoms with Crippen LogP contribution in [0.5, 0.6) is 5.75 Å². The summed E-state index contributed by atoms with van der Waals surface area (Å²) in [6.07, 6.45) is 1.46. The highest BCUT2D eigenvalue weighted by Crippen LogP contribution is 2.14. The SMILES string of the molecule is CCCn1nc(C(=O)NCCc2ccc(OC)cc2)c2ccccc2c1=O. The summed E-state index contributed by atoms with van der Waals surface area (Å²) in [6.45, 7) is 2.93. The Labute approximate surface area is 157 Å². The Hall–Kier alpha value is -3.15. The Morgan fingerprint density at radius 2 is 1.81 bits per heavy atom. The fourth-order valence-corrected chi connectivity index (χ4v) is 2.96. The molecule has 0 saturated heterocycles. The molecule has 0 aliphatic rings. The number of carbonyl (C=O) groups is 1. The molecule has 6 heteroatoms. The number of fused-ring (bicyclic) bond motifs is 1. The molecule has 0 unspecified atom stereocenters. The average Bonchev–Trinajstić information content (AvgIpc) is 2.70. The minimum absolute atomic E-state index is 0.165. The fourth-order valence-electron chi connectivity index (χ4n) is 2.96. The van der Waals surface area contributed by atoms with E-state index in [9.17, 15) is 9.59 Å². The Kier molecular flexibility index (Phi) is 5.86. The van der Waals surface area contributed by atoms with Crippen LogP contribution >= 0.6 is 0 Å². The van der Waals surface area contributed by atoms with Crippen LogP contribution in [0.2, 0.25) is 0 Å². The highest BCUT2D eigenvalue weighted by atomic mass is 16.5. The van der Waals surface area contributed by atoms with Gasteiger partial charge in [0.2, 0.25) is 0 Å². The van der Waals surface area contributed by atoms with Crippen molar-refractivity contribution >= 4 is 16.7 Å². The van der Waals surface area contributed by atoms with E-state index in [1.807, 2.05) is 37.3 Å². The third-order valence-electron chi connectivity index (χ3n) is 4.38. The van der Waals surface area contributed by atoms with Crippen molar-refractivity contribution in [2.24, 2.45) is 0 Å². The maximum absolute atomic E-state index is 12.7. The van der Waals surface area contributed by atoms with E-state index in [0.29, 0.717) is 30.3 Å². The second-order valence-electron chi connectivity index (χ2n) is 6.28. The molecule has 1 heterocycles. The molecular weight excluding hydrogens is 342 g/mol. The van der Waals surface area contributed by atoms with Gasteiger partial charge in [0.05, 0.1) is 12.5 Å². The number of aromatic nitrogens is 2. The molecule has 0 aliphatic heterocycles. The normalized spacial score (nSPS) is 10.7. The number of rotatable bonds is 7. The maximum atomic E-state index is 12.7. The van der Waals surface area contributed by atoms with Gasteiger partial charge < -0.3 is 10.1 Å². The fraction of sp³-hybridized carbons (Fsp3) is 0.286. The Morgan fingerprint density at radius 1 is 1.11 bits per heavy atom. The molecule has 27 heavy (non-hydrogen) atoms. The Balaban J connectivity index is 1.78. The first-order chi connectivity index (χ1) is 13.1. The molecule has 1 N–H and O–H groups in total. The summed E-state index contributed by atoms with van der Waals surface area (Å²) in [5.74, 6) is 0.529. The van der Waals surface area contributed by atoms with Crippen LogP contribution in [0.4, 0.5) is 0 Å². The molecule has 0 radical (unpaired) electrons. The van der Waals surface area contributed by atoms with E-state index in [-0.39, 0.29) is 17.2 Å². The summed E-state index contributed by atoms with van der Waals surface area (Å²) in [5.41, 5.74) is 1.22.